The Morgan fingerprint density at radius 2 is 1.73 bits per heavy atom. The molecule has 1 aromatic rings. The first-order chi connectivity index (χ1) is 10.6. The third kappa shape index (κ3) is 5.10. The van der Waals surface area contributed by atoms with Crippen LogP contribution in [0.1, 0.15) is 38.2 Å². The molecular formula is C16H24N4S2. The summed E-state index contributed by atoms with van der Waals surface area (Å²) in [5.74, 6) is 0.658. The fraction of sp³-hybridized carbons (Fsp3) is 0.500. The molecule has 1 aliphatic carbocycles. The smallest absolute Gasteiger partial charge is 0.189 e. The Labute approximate surface area is 143 Å². The average molecular weight is 337 g/mol. The summed E-state index contributed by atoms with van der Waals surface area (Å²) in [4.78, 5) is 0. The third-order valence-electron chi connectivity index (χ3n) is 4.11. The summed E-state index contributed by atoms with van der Waals surface area (Å²) < 4.78 is 0. The van der Waals surface area contributed by atoms with Crippen LogP contribution in [-0.2, 0) is 0 Å². The van der Waals surface area contributed by atoms with Crippen LogP contribution in [0.4, 0.5) is 5.69 Å². The Hall–Kier alpha value is -1.40. The highest BCUT2D eigenvalue weighted by Crippen LogP contribution is 2.23. The lowest BCUT2D eigenvalue weighted by Crippen LogP contribution is -2.52. The number of para-hydroxylation sites is 1. The van der Waals surface area contributed by atoms with Crippen LogP contribution in [0.15, 0.2) is 24.3 Å². The van der Waals surface area contributed by atoms with Gasteiger partial charge in [-0.1, -0.05) is 38.0 Å². The molecule has 0 radical (unpaired) electrons. The van der Waals surface area contributed by atoms with Gasteiger partial charge in [0.15, 0.2) is 10.2 Å². The molecule has 1 fully saturated rings. The number of hydrogen-bond donors (Lipinski definition) is 4. The highest BCUT2D eigenvalue weighted by atomic mass is 32.1. The zero-order valence-electron chi connectivity index (χ0n) is 13.1. The van der Waals surface area contributed by atoms with Gasteiger partial charge in [-0.2, -0.15) is 0 Å². The lowest BCUT2D eigenvalue weighted by molar-refractivity contribution is 0.308. The lowest BCUT2D eigenvalue weighted by atomic mass is 9.86. The van der Waals surface area contributed by atoms with E-state index < -0.39 is 0 Å². The Morgan fingerprint density at radius 1 is 1.05 bits per heavy atom. The van der Waals surface area contributed by atoms with Gasteiger partial charge in [0.2, 0.25) is 0 Å². The Balaban J connectivity index is 1.74. The Kier molecular flexibility index (Phi) is 6.39. The SMILES string of the molecule is Cc1ccccc1NC(=S)NNC(=S)N[C@H]1CCCC[C@@H]1C. The van der Waals surface area contributed by atoms with Crippen LogP contribution in [0.2, 0.25) is 0 Å². The molecule has 0 spiro atoms. The fourth-order valence-corrected chi connectivity index (χ4v) is 3.08. The molecule has 4 nitrogen and oxygen atoms in total. The molecule has 22 heavy (non-hydrogen) atoms. The van der Waals surface area contributed by atoms with Crippen molar-refractivity contribution in [2.45, 2.75) is 45.6 Å². The van der Waals surface area contributed by atoms with E-state index in [2.05, 4.69) is 28.4 Å². The molecule has 1 aromatic carbocycles. The van der Waals surface area contributed by atoms with Crippen molar-refractivity contribution < 1.29 is 0 Å². The first-order valence-corrected chi connectivity index (χ1v) is 8.57. The number of hydrazine groups is 1. The number of thiocarbonyl (C=S) groups is 2. The van der Waals surface area contributed by atoms with Crippen molar-refractivity contribution in [1.29, 1.82) is 0 Å². The van der Waals surface area contributed by atoms with Crippen molar-refractivity contribution in [1.82, 2.24) is 16.2 Å². The standard InChI is InChI=1S/C16H24N4S2/c1-11-7-3-5-9-13(11)17-15(21)19-20-16(22)18-14-10-6-4-8-12(14)2/h3,5,7,9,12,14H,4,6,8,10H2,1-2H3,(H2,17,19,21)(H2,18,20,22)/t12-,14-/m0/s1. The van der Waals surface area contributed by atoms with Gasteiger partial charge in [0.25, 0.3) is 0 Å². The van der Waals surface area contributed by atoms with Gasteiger partial charge in [-0.3, -0.25) is 10.9 Å². The van der Waals surface area contributed by atoms with E-state index >= 15 is 0 Å². The maximum absolute atomic E-state index is 5.32. The fourth-order valence-electron chi connectivity index (χ4n) is 2.72. The number of rotatable bonds is 2. The maximum Gasteiger partial charge on any atom is 0.189 e. The van der Waals surface area contributed by atoms with Crippen molar-refractivity contribution in [2.24, 2.45) is 5.92 Å². The van der Waals surface area contributed by atoms with E-state index in [0.717, 1.165) is 11.3 Å². The monoisotopic (exact) mass is 336 g/mol. The van der Waals surface area contributed by atoms with Crippen molar-refractivity contribution in [3.63, 3.8) is 0 Å². The van der Waals surface area contributed by atoms with Gasteiger partial charge in [0.1, 0.15) is 0 Å². The van der Waals surface area contributed by atoms with Crippen molar-refractivity contribution in [3.8, 4) is 0 Å². The second-order valence-corrected chi connectivity index (χ2v) is 6.68. The molecule has 0 saturated heterocycles. The summed E-state index contributed by atoms with van der Waals surface area (Å²) in [5, 5.41) is 7.60. The molecule has 0 amide bonds. The molecule has 1 saturated carbocycles. The van der Waals surface area contributed by atoms with Gasteiger partial charge >= 0.3 is 0 Å². The zero-order valence-corrected chi connectivity index (χ0v) is 14.7. The normalized spacial score (nSPS) is 20.8. The Bertz CT molecular complexity index is 533. The van der Waals surface area contributed by atoms with E-state index in [4.69, 9.17) is 24.4 Å². The molecule has 0 aromatic heterocycles. The first-order valence-electron chi connectivity index (χ1n) is 7.75. The molecule has 0 aliphatic heterocycles. The second kappa shape index (κ2) is 8.29. The quantitative estimate of drug-likeness (QED) is 0.491. The van der Waals surface area contributed by atoms with E-state index in [0.29, 0.717) is 22.2 Å². The molecule has 120 valence electrons. The minimum Gasteiger partial charge on any atom is -0.358 e. The number of benzene rings is 1. The van der Waals surface area contributed by atoms with Crippen LogP contribution in [-0.4, -0.2) is 16.3 Å². The second-order valence-electron chi connectivity index (χ2n) is 5.86. The predicted octanol–water partition coefficient (Wildman–Crippen LogP) is 3.24. The van der Waals surface area contributed by atoms with E-state index in [1.165, 1.54) is 25.7 Å². The molecule has 0 bridgehead atoms. The number of aryl methyl sites for hydroxylation is 1. The van der Waals surface area contributed by atoms with E-state index in [9.17, 15) is 0 Å². The maximum atomic E-state index is 5.32. The highest BCUT2D eigenvalue weighted by Gasteiger charge is 2.21. The first kappa shape index (κ1) is 17.0. The largest absolute Gasteiger partial charge is 0.358 e. The van der Waals surface area contributed by atoms with Crippen molar-refractivity contribution in [2.75, 3.05) is 5.32 Å². The third-order valence-corrected chi connectivity index (χ3v) is 4.53. The average Bonchev–Trinajstić information content (AvgIpc) is 2.50. The lowest BCUT2D eigenvalue weighted by Gasteiger charge is -2.30. The van der Waals surface area contributed by atoms with Crippen LogP contribution in [0.5, 0.6) is 0 Å². The summed E-state index contributed by atoms with van der Waals surface area (Å²) in [6.07, 6.45) is 5.03. The summed E-state index contributed by atoms with van der Waals surface area (Å²) in [5.41, 5.74) is 8.02. The number of anilines is 1. The molecule has 0 heterocycles. The van der Waals surface area contributed by atoms with Gasteiger partial charge < -0.3 is 10.6 Å². The minimum absolute atomic E-state index is 0.452. The molecule has 1 aliphatic rings. The molecule has 2 rings (SSSR count). The van der Waals surface area contributed by atoms with E-state index in [1.54, 1.807) is 0 Å². The molecule has 2 atom stereocenters. The zero-order chi connectivity index (χ0) is 15.9. The summed E-state index contributed by atoms with van der Waals surface area (Å²) in [6, 6.07) is 8.45. The van der Waals surface area contributed by atoms with Crippen LogP contribution < -0.4 is 21.5 Å². The van der Waals surface area contributed by atoms with Crippen LogP contribution in [0.25, 0.3) is 0 Å². The topological polar surface area (TPSA) is 48.1 Å². The molecule has 6 heteroatoms. The highest BCUT2D eigenvalue weighted by molar-refractivity contribution is 7.80. The number of nitrogens with one attached hydrogen (secondary N) is 4. The predicted molar refractivity (Wildman–Crippen MR) is 101 cm³/mol. The van der Waals surface area contributed by atoms with Gasteiger partial charge in [-0.15, -0.1) is 0 Å². The van der Waals surface area contributed by atoms with Crippen LogP contribution in [0, 0.1) is 12.8 Å². The summed E-state index contributed by atoms with van der Waals surface area (Å²) >= 11 is 10.6. The summed E-state index contributed by atoms with van der Waals surface area (Å²) in [7, 11) is 0. The van der Waals surface area contributed by atoms with Crippen LogP contribution >= 0.6 is 24.4 Å². The van der Waals surface area contributed by atoms with Crippen molar-refractivity contribution in [3.05, 3.63) is 29.8 Å². The number of hydrogen-bond acceptors (Lipinski definition) is 2. The van der Waals surface area contributed by atoms with E-state index in [-0.39, 0.29) is 0 Å². The molecular weight excluding hydrogens is 312 g/mol. The van der Waals surface area contributed by atoms with Crippen LogP contribution in [0.3, 0.4) is 0 Å². The molecule has 0 unspecified atom stereocenters. The van der Waals surface area contributed by atoms with Gasteiger partial charge in [-0.25, -0.2) is 0 Å². The minimum atomic E-state index is 0.452. The molecule has 4 N–H and O–H groups in total. The van der Waals surface area contributed by atoms with Gasteiger partial charge in [0.05, 0.1) is 0 Å². The Morgan fingerprint density at radius 3 is 2.45 bits per heavy atom. The van der Waals surface area contributed by atoms with Crippen molar-refractivity contribution >= 4 is 40.3 Å². The van der Waals surface area contributed by atoms with E-state index in [1.807, 2.05) is 31.2 Å². The van der Waals surface area contributed by atoms with Gasteiger partial charge in [-0.05, 0) is 61.7 Å². The summed E-state index contributed by atoms with van der Waals surface area (Å²) in [6.45, 7) is 4.31. The van der Waals surface area contributed by atoms with Gasteiger partial charge in [0, 0.05) is 11.7 Å².